The number of ether oxygens (including phenoxy) is 1. The highest BCUT2D eigenvalue weighted by atomic mass is 16.5. The number of carboxylic acid groups (broad SMARTS) is 1. The van der Waals surface area contributed by atoms with Crippen molar-refractivity contribution in [3.05, 3.63) is 29.8 Å². The molecule has 0 aliphatic carbocycles. The third-order valence-corrected chi connectivity index (χ3v) is 2.61. The van der Waals surface area contributed by atoms with E-state index in [1.54, 1.807) is 7.11 Å². The minimum absolute atomic E-state index is 0.337. The summed E-state index contributed by atoms with van der Waals surface area (Å²) in [6, 6.07) is 6.93. The average molecular weight is 282 g/mol. The monoisotopic (exact) mass is 282 g/mol. The number of benzene rings is 1. The average Bonchev–Trinajstić information content (AvgIpc) is 2.45. The Morgan fingerprint density at radius 2 is 2.00 bits per heavy atom. The zero-order chi connectivity index (χ0) is 15.0. The van der Waals surface area contributed by atoms with Crippen molar-refractivity contribution in [3.63, 3.8) is 0 Å². The molecule has 1 rings (SSSR count). The van der Waals surface area contributed by atoms with Gasteiger partial charge < -0.3 is 25.6 Å². The number of carboxylic acids is 1. The smallest absolute Gasteiger partial charge is 0.334 e. The fourth-order valence-electron chi connectivity index (χ4n) is 1.56. The van der Waals surface area contributed by atoms with E-state index in [9.17, 15) is 9.59 Å². The molecule has 0 unspecified atom stereocenters. The van der Waals surface area contributed by atoms with Crippen molar-refractivity contribution in [2.75, 3.05) is 20.2 Å². The van der Waals surface area contributed by atoms with Crippen molar-refractivity contribution >= 4 is 12.0 Å². The van der Waals surface area contributed by atoms with Gasteiger partial charge in [-0.25, -0.2) is 9.59 Å². The number of carbonyl (C=O) groups excluding carboxylic acids is 1. The third kappa shape index (κ3) is 5.15. The fourth-order valence-corrected chi connectivity index (χ4v) is 1.56. The lowest BCUT2D eigenvalue weighted by Crippen LogP contribution is -2.42. The molecule has 110 valence electrons. The van der Waals surface area contributed by atoms with Crippen molar-refractivity contribution in [2.24, 2.45) is 0 Å². The van der Waals surface area contributed by atoms with E-state index in [1.807, 2.05) is 24.3 Å². The predicted octanol–water partition coefficient (Wildman–Crippen LogP) is -0.0176. The summed E-state index contributed by atoms with van der Waals surface area (Å²) in [6.07, 6.45) is -1.02. The van der Waals surface area contributed by atoms with E-state index in [0.717, 1.165) is 11.3 Å². The molecule has 1 aromatic carbocycles. The summed E-state index contributed by atoms with van der Waals surface area (Å²) in [5.41, 5.74) is 0.959. The SMILES string of the molecule is COc1ccccc1CCNC(=O)NC[C@H](O)C(=O)O. The summed E-state index contributed by atoms with van der Waals surface area (Å²) in [6.45, 7) is 0.0329. The van der Waals surface area contributed by atoms with Crippen LogP contribution in [0.25, 0.3) is 0 Å². The highest BCUT2D eigenvalue weighted by molar-refractivity contribution is 5.76. The Morgan fingerprint density at radius 1 is 1.30 bits per heavy atom. The van der Waals surface area contributed by atoms with Crippen molar-refractivity contribution < 1.29 is 24.5 Å². The first-order valence-electron chi connectivity index (χ1n) is 6.09. The van der Waals surface area contributed by atoms with Gasteiger partial charge in [-0.15, -0.1) is 0 Å². The second-order valence-corrected chi connectivity index (χ2v) is 4.05. The van der Waals surface area contributed by atoms with Crippen molar-refractivity contribution in [2.45, 2.75) is 12.5 Å². The molecule has 1 aromatic rings. The second kappa shape index (κ2) is 8.00. The van der Waals surface area contributed by atoms with Gasteiger partial charge in [-0.3, -0.25) is 0 Å². The van der Waals surface area contributed by atoms with Crippen LogP contribution in [0.2, 0.25) is 0 Å². The number of methoxy groups -OCH3 is 1. The van der Waals surface area contributed by atoms with Crippen LogP contribution in [-0.4, -0.2) is 48.5 Å². The van der Waals surface area contributed by atoms with Crippen LogP contribution in [0.1, 0.15) is 5.56 Å². The quantitative estimate of drug-likeness (QED) is 0.562. The number of hydrogen-bond acceptors (Lipinski definition) is 4. The predicted molar refractivity (Wildman–Crippen MR) is 71.7 cm³/mol. The van der Waals surface area contributed by atoms with Crippen LogP contribution in [0.4, 0.5) is 4.79 Å². The van der Waals surface area contributed by atoms with Crippen molar-refractivity contribution in [3.8, 4) is 5.75 Å². The van der Waals surface area contributed by atoms with Crippen LogP contribution in [0.15, 0.2) is 24.3 Å². The van der Waals surface area contributed by atoms with Gasteiger partial charge in [0.15, 0.2) is 6.10 Å². The molecular weight excluding hydrogens is 264 g/mol. The molecule has 0 aliphatic heterocycles. The molecule has 1 atom stereocenters. The maximum atomic E-state index is 11.4. The van der Waals surface area contributed by atoms with Crippen molar-refractivity contribution in [1.82, 2.24) is 10.6 Å². The largest absolute Gasteiger partial charge is 0.496 e. The number of aliphatic hydroxyl groups is 1. The molecule has 7 nitrogen and oxygen atoms in total. The minimum Gasteiger partial charge on any atom is -0.496 e. The van der Waals surface area contributed by atoms with Crippen LogP contribution >= 0.6 is 0 Å². The number of nitrogens with one attached hydrogen (secondary N) is 2. The highest BCUT2D eigenvalue weighted by Crippen LogP contribution is 2.17. The summed E-state index contributed by atoms with van der Waals surface area (Å²) < 4.78 is 5.18. The van der Waals surface area contributed by atoms with Gasteiger partial charge in [0.2, 0.25) is 0 Å². The standard InChI is InChI=1S/C13H18N2O5/c1-20-11-5-3-2-4-9(11)6-7-14-13(19)15-8-10(16)12(17)18/h2-5,10,16H,6-8H2,1H3,(H,17,18)(H2,14,15,19)/t10-/m0/s1. The molecule has 0 fully saturated rings. The van der Waals surface area contributed by atoms with Crippen LogP contribution in [0.5, 0.6) is 5.75 Å². The van der Waals surface area contributed by atoms with Gasteiger partial charge in [-0.05, 0) is 18.1 Å². The van der Waals surface area contributed by atoms with Gasteiger partial charge in [-0.1, -0.05) is 18.2 Å². The van der Waals surface area contributed by atoms with E-state index in [1.165, 1.54) is 0 Å². The maximum absolute atomic E-state index is 11.4. The molecule has 0 heterocycles. The van der Waals surface area contributed by atoms with Crippen LogP contribution in [0, 0.1) is 0 Å². The van der Waals surface area contributed by atoms with Crippen LogP contribution in [-0.2, 0) is 11.2 Å². The number of amides is 2. The van der Waals surface area contributed by atoms with E-state index in [2.05, 4.69) is 10.6 Å². The Balaban J connectivity index is 2.30. The van der Waals surface area contributed by atoms with E-state index < -0.39 is 18.1 Å². The number of urea groups is 1. The number of para-hydroxylation sites is 1. The molecule has 0 radical (unpaired) electrons. The zero-order valence-electron chi connectivity index (χ0n) is 11.1. The van der Waals surface area contributed by atoms with Gasteiger partial charge >= 0.3 is 12.0 Å². The van der Waals surface area contributed by atoms with Gasteiger partial charge in [0, 0.05) is 6.54 Å². The highest BCUT2D eigenvalue weighted by Gasteiger charge is 2.13. The summed E-state index contributed by atoms with van der Waals surface area (Å²) in [5.74, 6) is -0.629. The molecular formula is C13H18N2O5. The molecule has 0 bridgehead atoms. The van der Waals surface area contributed by atoms with E-state index in [0.29, 0.717) is 13.0 Å². The molecule has 20 heavy (non-hydrogen) atoms. The normalized spacial score (nSPS) is 11.5. The zero-order valence-corrected chi connectivity index (χ0v) is 11.1. The second-order valence-electron chi connectivity index (χ2n) is 4.05. The van der Waals surface area contributed by atoms with Gasteiger partial charge in [0.05, 0.1) is 13.7 Å². The lowest BCUT2D eigenvalue weighted by Gasteiger charge is -2.11. The number of aliphatic carboxylic acids is 1. The van der Waals surface area contributed by atoms with Gasteiger partial charge in [0.1, 0.15) is 5.75 Å². The summed E-state index contributed by atoms with van der Waals surface area (Å²) in [5, 5.41) is 22.3. The molecule has 2 amide bonds. The number of carbonyl (C=O) groups is 2. The molecule has 7 heteroatoms. The maximum Gasteiger partial charge on any atom is 0.334 e. The number of hydrogen-bond donors (Lipinski definition) is 4. The Hall–Kier alpha value is -2.28. The first-order valence-corrected chi connectivity index (χ1v) is 6.09. The first kappa shape index (κ1) is 15.8. The topological polar surface area (TPSA) is 108 Å². The fraction of sp³-hybridized carbons (Fsp3) is 0.385. The number of aliphatic hydroxyl groups excluding tert-OH is 1. The molecule has 0 aliphatic rings. The molecule has 0 saturated heterocycles. The Bertz CT molecular complexity index is 464. The minimum atomic E-state index is -1.60. The molecule has 4 N–H and O–H groups in total. The molecule has 0 aromatic heterocycles. The van der Waals surface area contributed by atoms with E-state index in [-0.39, 0.29) is 6.54 Å². The van der Waals surface area contributed by atoms with Gasteiger partial charge in [0.25, 0.3) is 0 Å². The van der Waals surface area contributed by atoms with Crippen LogP contribution < -0.4 is 15.4 Å². The Kier molecular flexibility index (Phi) is 6.31. The van der Waals surface area contributed by atoms with E-state index in [4.69, 9.17) is 14.9 Å². The Morgan fingerprint density at radius 3 is 2.65 bits per heavy atom. The summed E-state index contributed by atoms with van der Waals surface area (Å²) in [4.78, 5) is 21.7. The molecule has 0 spiro atoms. The Labute approximate surface area is 116 Å². The van der Waals surface area contributed by atoms with Crippen molar-refractivity contribution in [1.29, 1.82) is 0 Å². The van der Waals surface area contributed by atoms with Crippen LogP contribution in [0.3, 0.4) is 0 Å². The van der Waals surface area contributed by atoms with Gasteiger partial charge in [-0.2, -0.15) is 0 Å². The molecule has 0 saturated carbocycles. The first-order chi connectivity index (χ1) is 9.54. The number of rotatable bonds is 7. The lowest BCUT2D eigenvalue weighted by molar-refractivity contribution is -0.146. The lowest BCUT2D eigenvalue weighted by atomic mass is 10.1. The van der Waals surface area contributed by atoms with E-state index >= 15 is 0 Å². The summed E-state index contributed by atoms with van der Waals surface area (Å²) >= 11 is 0. The third-order valence-electron chi connectivity index (χ3n) is 2.61. The summed E-state index contributed by atoms with van der Waals surface area (Å²) in [7, 11) is 1.58.